The zero-order chi connectivity index (χ0) is 16.4. The molecule has 2 aliphatic carbocycles. The van der Waals surface area contributed by atoms with Crippen molar-refractivity contribution in [2.45, 2.75) is 24.7 Å². The number of benzene rings is 1. The maximum atomic E-state index is 12.4. The summed E-state index contributed by atoms with van der Waals surface area (Å²) in [5.74, 6) is 1.07. The molecule has 1 aromatic carbocycles. The van der Waals surface area contributed by atoms with E-state index in [1.54, 1.807) is 6.92 Å². The van der Waals surface area contributed by atoms with Gasteiger partial charge in [0.2, 0.25) is 10.0 Å². The van der Waals surface area contributed by atoms with Crippen LogP contribution in [0.4, 0.5) is 0 Å². The van der Waals surface area contributed by atoms with Crippen molar-refractivity contribution >= 4 is 16.0 Å². The molecule has 1 N–H and O–H groups in total. The Morgan fingerprint density at radius 3 is 2.52 bits per heavy atom. The monoisotopic (exact) mass is 335 g/mol. The lowest BCUT2D eigenvalue weighted by atomic mass is 9.94. The highest BCUT2D eigenvalue weighted by Gasteiger charge is 2.35. The largest absolute Gasteiger partial charge is 0.462 e. The number of esters is 1. The van der Waals surface area contributed by atoms with E-state index in [1.165, 1.54) is 24.3 Å². The number of ether oxygens (including phenoxy) is 1. The predicted octanol–water partition coefficient (Wildman–Crippen LogP) is 2.35. The average Bonchev–Trinajstić information content (AvgIpc) is 3.16. The molecule has 0 aliphatic heterocycles. The fourth-order valence-corrected chi connectivity index (χ4v) is 4.51. The number of carbonyl (C=O) groups is 1. The molecule has 1 fully saturated rings. The highest BCUT2D eigenvalue weighted by molar-refractivity contribution is 7.89. The van der Waals surface area contributed by atoms with Crippen LogP contribution in [-0.2, 0) is 14.8 Å². The van der Waals surface area contributed by atoms with Crippen LogP contribution in [0.15, 0.2) is 41.3 Å². The van der Waals surface area contributed by atoms with Gasteiger partial charge in [0, 0.05) is 6.54 Å². The number of nitrogens with one attached hydrogen (secondary N) is 1. The Balaban J connectivity index is 1.63. The predicted molar refractivity (Wildman–Crippen MR) is 86.4 cm³/mol. The van der Waals surface area contributed by atoms with E-state index in [0.717, 1.165) is 12.8 Å². The molecular weight excluding hydrogens is 314 g/mol. The van der Waals surface area contributed by atoms with Crippen LogP contribution in [0, 0.1) is 17.8 Å². The van der Waals surface area contributed by atoms with Crippen molar-refractivity contribution in [2.75, 3.05) is 13.2 Å². The van der Waals surface area contributed by atoms with Crippen molar-refractivity contribution in [2.24, 2.45) is 17.8 Å². The van der Waals surface area contributed by atoms with Crippen molar-refractivity contribution < 1.29 is 17.9 Å². The lowest BCUT2D eigenvalue weighted by Gasteiger charge is -2.18. The van der Waals surface area contributed by atoms with E-state index < -0.39 is 16.0 Å². The number of carbonyl (C=O) groups excluding carboxylic acids is 1. The number of sulfonamides is 1. The molecule has 0 saturated heterocycles. The van der Waals surface area contributed by atoms with Crippen LogP contribution in [0.3, 0.4) is 0 Å². The van der Waals surface area contributed by atoms with E-state index in [1.807, 2.05) is 0 Å². The third-order valence-corrected chi connectivity index (χ3v) is 6.07. The SMILES string of the molecule is CCOC(=O)c1ccc(S(=O)(=O)NC[C@@H]2C[C@H]3C=C[C@@H]2C3)cc1. The van der Waals surface area contributed by atoms with Crippen molar-refractivity contribution in [3.05, 3.63) is 42.0 Å². The molecule has 1 saturated carbocycles. The maximum Gasteiger partial charge on any atom is 0.338 e. The molecule has 3 rings (SSSR count). The van der Waals surface area contributed by atoms with Gasteiger partial charge in [-0.1, -0.05) is 12.2 Å². The van der Waals surface area contributed by atoms with Gasteiger partial charge in [0.05, 0.1) is 17.1 Å². The first-order valence-electron chi connectivity index (χ1n) is 7.95. The molecule has 2 aliphatic rings. The molecule has 0 amide bonds. The van der Waals surface area contributed by atoms with Crippen LogP contribution in [0.5, 0.6) is 0 Å². The first kappa shape index (κ1) is 16.2. The summed E-state index contributed by atoms with van der Waals surface area (Å²) < 4.78 is 32.3. The molecule has 0 spiro atoms. The number of rotatable bonds is 6. The molecular formula is C17H21NO4S. The van der Waals surface area contributed by atoms with Gasteiger partial charge in [-0.05, 0) is 61.8 Å². The molecule has 6 heteroatoms. The van der Waals surface area contributed by atoms with Crippen molar-refractivity contribution in [3.63, 3.8) is 0 Å². The molecule has 1 aromatic rings. The first-order valence-corrected chi connectivity index (χ1v) is 9.43. The summed E-state index contributed by atoms with van der Waals surface area (Å²) in [5.41, 5.74) is 0.351. The van der Waals surface area contributed by atoms with E-state index in [4.69, 9.17) is 4.74 Å². The molecule has 23 heavy (non-hydrogen) atoms. The van der Waals surface area contributed by atoms with Crippen molar-refractivity contribution in [1.29, 1.82) is 0 Å². The summed E-state index contributed by atoms with van der Waals surface area (Å²) in [5, 5.41) is 0. The number of allylic oxidation sites excluding steroid dienone is 2. The summed E-state index contributed by atoms with van der Waals surface area (Å²) in [6.07, 6.45) is 6.66. The molecule has 0 radical (unpaired) electrons. The van der Waals surface area contributed by atoms with Gasteiger partial charge in [-0.25, -0.2) is 17.9 Å². The van der Waals surface area contributed by atoms with E-state index in [9.17, 15) is 13.2 Å². The van der Waals surface area contributed by atoms with Gasteiger partial charge in [-0.2, -0.15) is 0 Å². The number of fused-ring (bicyclic) bond motifs is 2. The van der Waals surface area contributed by atoms with E-state index in [-0.39, 0.29) is 4.90 Å². The van der Waals surface area contributed by atoms with Crippen LogP contribution in [0.2, 0.25) is 0 Å². The van der Waals surface area contributed by atoms with Gasteiger partial charge in [0.25, 0.3) is 0 Å². The van der Waals surface area contributed by atoms with Gasteiger partial charge in [0.1, 0.15) is 0 Å². The van der Waals surface area contributed by atoms with Gasteiger partial charge in [0.15, 0.2) is 0 Å². The second kappa shape index (κ2) is 6.45. The average molecular weight is 335 g/mol. The Hall–Kier alpha value is -1.66. The Morgan fingerprint density at radius 1 is 1.22 bits per heavy atom. The Labute approximate surface area is 136 Å². The van der Waals surface area contributed by atoms with Crippen molar-refractivity contribution in [3.8, 4) is 0 Å². The number of hydrogen-bond donors (Lipinski definition) is 1. The maximum absolute atomic E-state index is 12.4. The summed E-state index contributed by atoms with van der Waals surface area (Å²) in [7, 11) is -3.55. The second-order valence-electron chi connectivity index (χ2n) is 6.14. The first-order chi connectivity index (χ1) is 11.0. The van der Waals surface area contributed by atoms with E-state index in [0.29, 0.717) is 36.5 Å². The summed E-state index contributed by atoms with van der Waals surface area (Å²) in [6.45, 7) is 2.48. The lowest BCUT2D eigenvalue weighted by Crippen LogP contribution is -2.31. The van der Waals surface area contributed by atoms with E-state index in [2.05, 4.69) is 16.9 Å². The van der Waals surface area contributed by atoms with Crippen LogP contribution in [-0.4, -0.2) is 27.5 Å². The summed E-state index contributed by atoms with van der Waals surface area (Å²) in [6, 6.07) is 5.84. The van der Waals surface area contributed by atoms with Crippen LogP contribution >= 0.6 is 0 Å². The highest BCUT2D eigenvalue weighted by Crippen LogP contribution is 2.43. The Bertz CT molecular complexity index is 709. The highest BCUT2D eigenvalue weighted by atomic mass is 32.2. The van der Waals surface area contributed by atoms with Gasteiger partial charge < -0.3 is 4.74 Å². The molecule has 0 unspecified atom stereocenters. The smallest absolute Gasteiger partial charge is 0.338 e. The second-order valence-corrected chi connectivity index (χ2v) is 7.90. The van der Waals surface area contributed by atoms with Crippen LogP contribution in [0.1, 0.15) is 30.1 Å². The zero-order valence-corrected chi connectivity index (χ0v) is 13.9. The normalized spacial score (nSPS) is 25.7. The fraction of sp³-hybridized carbons (Fsp3) is 0.471. The third-order valence-electron chi connectivity index (χ3n) is 4.63. The molecule has 2 bridgehead atoms. The number of hydrogen-bond acceptors (Lipinski definition) is 4. The van der Waals surface area contributed by atoms with Crippen LogP contribution in [0.25, 0.3) is 0 Å². The summed E-state index contributed by atoms with van der Waals surface area (Å²) in [4.78, 5) is 11.8. The third kappa shape index (κ3) is 3.48. The molecule has 5 nitrogen and oxygen atoms in total. The standard InChI is InChI=1S/C17H21NO4S/c1-2-22-17(19)13-5-7-16(8-6-13)23(20,21)18-11-15-10-12-3-4-14(15)9-12/h3-8,12,14-15,18H,2,9-11H2,1H3/t12-,14+,15-/m0/s1. The minimum Gasteiger partial charge on any atom is -0.462 e. The van der Waals surface area contributed by atoms with E-state index >= 15 is 0 Å². The molecule has 0 aromatic heterocycles. The fourth-order valence-electron chi connectivity index (χ4n) is 3.41. The van der Waals surface area contributed by atoms with Crippen molar-refractivity contribution in [1.82, 2.24) is 4.72 Å². The minimum absolute atomic E-state index is 0.171. The quantitative estimate of drug-likeness (QED) is 0.640. The Kier molecular flexibility index (Phi) is 4.55. The molecule has 3 atom stereocenters. The van der Waals surface area contributed by atoms with Gasteiger partial charge >= 0.3 is 5.97 Å². The molecule has 0 heterocycles. The minimum atomic E-state index is -3.55. The molecule has 124 valence electrons. The topological polar surface area (TPSA) is 72.5 Å². The zero-order valence-electron chi connectivity index (χ0n) is 13.1. The lowest BCUT2D eigenvalue weighted by molar-refractivity contribution is 0.0526. The van der Waals surface area contributed by atoms with Gasteiger partial charge in [-0.15, -0.1) is 0 Å². The van der Waals surface area contributed by atoms with Gasteiger partial charge in [-0.3, -0.25) is 0 Å². The summed E-state index contributed by atoms with van der Waals surface area (Å²) >= 11 is 0. The Morgan fingerprint density at radius 2 is 1.96 bits per heavy atom. The van der Waals surface area contributed by atoms with Crippen LogP contribution < -0.4 is 4.72 Å².